The lowest BCUT2D eigenvalue weighted by Crippen LogP contribution is -2.14. The highest BCUT2D eigenvalue weighted by molar-refractivity contribution is 9.10. The van der Waals surface area contributed by atoms with Crippen molar-refractivity contribution in [2.24, 2.45) is 12.8 Å². The highest BCUT2D eigenvalue weighted by atomic mass is 79.9. The van der Waals surface area contributed by atoms with Gasteiger partial charge in [-0.15, -0.1) is 0 Å². The first-order chi connectivity index (χ1) is 8.08. The molecule has 1 aromatic carbocycles. The fourth-order valence-electron chi connectivity index (χ4n) is 1.91. The lowest BCUT2D eigenvalue weighted by molar-refractivity contribution is 0.700. The van der Waals surface area contributed by atoms with Gasteiger partial charge >= 0.3 is 0 Å². The summed E-state index contributed by atoms with van der Waals surface area (Å²) in [4.78, 5) is 0. The van der Waals surface area contributed by atoms with Crippen LogP contribution in [0, 0.1) is 6.92 Å². The molecule has 0 aliphatic rings. The maximum atomic E-state index is 6.22. The first kappa shape index (κ1) is 12.3. The van der Waals surface area contributed by atoms with Crippen LogP contribution in [0.25, 0.3) is 0 Å². The summed E-state index contributed by atoms with van der Waals surface area (Å²) in [5.41, 5.74) is 9.70. The summed E-state index contributed by atoms with van der Waals surface area (Å²) in [7, 11) is 1.94. The predicted octanol–water partition coefficient (Wildman–Crippen LogP) is 2.73. The molecular formula is C13H16BrN3. The predicted molar refractivity (Wildman–Crippen MR) is 72.7 cm³/mol. The molecule has 2 N–H and O–H groups in total. The number of benzene rings is 1. The van der Waals surface area contributed by atoms with Gasteiger partial charge in [0.1, 0.15) is 0 Å². The van der Waals surface area contributed by atoms with Crippen LogP contribution >= 0.6 is 15.9 Å². The normalized spacial score (nSPS) is 12.7. The molecule has 0 radical (unpaired) electrons. The van der Waals surface area contributed by atoms with Gasteiger partial charge in [0.2, 0.25) is 0 Å². The maximum Gasteiger partial charge on any atom is 0.0540 e. The minimum atomic E-state index is -0.00185. The van der Waals surface area contributed by atoms with Crippen LogP contribution in [0.4, 0.5) is 0 Å². The number of rotatable bonds is 3. The van der Waals surface area contributed by atoms with Crippen molar-refractivity contribution in [3.63, 3.8) is 0 Å². The summed E-state index contributed by atoms with van der Waals surface area (Å²) in [5, 5.41) is 4.22. The van der Waals surface area contributed by atoms with Gasteiger partial charge in [0.15, 0.2) is 0 Å². The van der Waals surface area contributed by atoms with Crippen molar-refractivity contribution in [1.82, 2.24) is 9.78 Å². The van der Waals surface area contributed by atoms with E-state index in [4.69, 9.17) is 5.73 Å². The lowest BCUT2D eigenvalue weighted by atomic mass is 10.0. The van der Waals surface area contributed by atoms with Gasteiger partial charge in [-0.05, 0) is 31.0 Å². The lowest BCUT2D eigenvalue weighted by Gasteiger charge is -2.11. The summed E-state index contributed by atoms with van der Waals surface area (Å²) in [6.07, 6.45) is 2.68. The van der Waals surface area contributed by atoms with Crippen molar-refractivity contribution in [2.75, 3.05) is 0 Å². The second-order valence-electron chi connectivity index (χ2n) is 4.25. The Labute approximate surface area is 110 Å². The summed E-state index contributed by atoms with van der Waals surface area (Å²) >= 11 is 3.47. The molecule has 1 heterocycles. The molecular weight excluding hydrogens is 278 g/mol. The van der Waals surface area contributed by atoms with Gasteiger partial charge < -0.3 is 5.73 Å². The minimum absolute atomic E-state index is 0.00185. The first-order valence-corrected chi connectivity index (χ1v) is 6.35. The van der Waals surface area contributed by atoms with E-state index in [1.165, 1.54) is 5.56 Å². The SMILES string of the molecule is Cc1c(C(N)Cc2cccc(Br)c2)cnn1C. The van der Waals surface area contributed by atoms with E-state index in [9.17, 15) is 0 Å². The summed E-state index contributed by atoms with van der Waals surface area (Å²) in [6.45, 7) is 2.04. The summed E-state index contributed by atoms with van der Waals surface area (Å²) in [6, 6.07) is 8.24. The number of aromatic nitrogens is 2. The molecule has 0 saturated carbocycles. The van der Waals surface area contributed by atoms with E-state index >= 15 is 0 Å². The molecule has 3 nitrogen and oxygen atoms in total. The molecule has 0 bridgehead atoms. The van der Waals surface area contributed by atoms with Crippen molar-refractivity contribution in [3.05, 3.63) is 51.8 Å². The number of aryl methyl sites for hydroxylation is 1. The van der Waals surface area contributed by atoms with Gasteiger partial charge in [0.05, 0.1) is 6.20 Å². The molecule has 0 fully saturated rings. The van der Waals surface area contributed by atoms with E-state index in [0.717, 1.165) is 22.2 Å². The van der Waals surface area contributed by atoms with Gasteiger partial charge in [0, 0.05) is 28.8 Å². The summed E-state index contributed by atoms with van der Waals surface area (Å²) < 4.78 is 2.95. The third-order valence-corrected chi connectivity index (χ3v) is 3.51. The average molecular weight is 294 g/mol. The van der Waals surface area contributed by atoms with Gasteiger partial charge in [0.25, 0.3) is 0 Å². The Morgan fingerprint density at radius 2 is 2.24 bits per heavy atom. The largest absolute Gasteiger partial charge is 0.324 e. The molecule has 1 atom stereocenters. The van der Waals surface area contributed by atoms with Crippen LogP contribution in [0.5, 0.6) is 0 Å². The van der Waals surface area contributed by atoms with E-state index in [1.807, 2.05) is 37.0 Å². The van der Waals surface area contributed by atoms with Crippen LogP contribution < -0.4 is 5.73 Å². The molecule has 1 aromatic heterocycles. The zero-order valence-corrected chi connectivity index (χ0v) is 11.6. The average Bonchev–Trinajstić information content (AvgIpc) is 2.60. The third-order valence-electron chi connectivity index (χ3n) is 3.02. The molecule has 4 heteroatoms. The molecule has 0 aliphatic carbocycles. The molecule has 2 rings (SSSR count). The Bertz CT molecular complexity index is 519. The number of nitrogens with zero attached hydrogens (tertiary/aromatic N) is 2. The van der Waals surface area contributed by atoms with Crippen molar-refractivity contribution < 1.29 is 0 Å². The monoisotopic (exact) mass is 293 g/mol. The Kier molecular flexibility index (Phi) is 3.64. The van der Waals surface area contributed by atoms with E-state index in [2.05, 4.69) is 33.2 Å². The van der Waals surface area contributed by atoms with Gasteiger partial charge in [-0.2, -0.15) is 5.10 Å². The van der Waals surface area contributed by atoms with Gasteiger partial charge in [-0.25, -0.2) is 0 Å². The Balaban J connectivity index is 2.17. The molecule has 1 unspecified atom stereocenters. The second kappa shape index (κ2) is 5.02. The zero-order chi connectivity index (χ0) is 12.4. The molecule has 0 saturated heterocycles. The molecule has 17 heavy (non-hydrogen) atoms. The molecule has 90 valence electrons. The maximum absolute atomic E-state index is 6.22. The van der Waals surface area contributed by atoms with Crippen LogP contribution in [0.15, 0.2) is 34.9 Å². The van der Waals surface area contributed by atoms with E-state index in [-0.39, 0.29) is 6.04 Å². The van der Waals surface area contributed by atoms with Crippen LogP contribution in [0.1, 0.15) is 22.9 Å². The Hall–Kier alpha value is -1.13. The highest BCUT2D eigenvalue weighted by Crippen LogP contribution is 2.20. The first-order valence-electron chi connectivity index (χ1n) is 5.56. The molecule has 0 aliphatic heterocycles. The van der Waals surface area contributed by atoms with Crippen LogP contribution in [0.2, 0.25) is 0 Å². The highest BCUT2D eigenvalue weighted by Gasteiger charge is 2.13. The Morgan fingerprint density at radius 1 is 1.47 bits per heavy atom. The van der Waals surface area contributed by atoms with Crippen LogP contribution in [-0.2, 0) is 13.5 Å². The number of hydrogen-bond acceptors (Lipinski definition) is 2. The number of halogens is 1. The third kappa shape index (κ3) is 2.76. The second-order valence-corrected chi connectivity index (χ2v) is 5.17. The van der Waals surface area contributed by atoms with Crippen molar-refractivity contribution in [2.45, 2.75) is 19.4 Å². The van der Waals surface area contributed by atoms with Crippen molar-refractivity contribution in [3.8, 4) is 0 Å². The Morgan fingerprint density at radius 3 is 2.82 bits per heavy atom. The smallest absolute Gasteiger partial charge is 0.0540 e. The molecule has 0 spiro atoms. The van der Waals surface area contributed by atoms with E-state index < -0.39 is 0 Å². The molecule has 2 aromatic rings. The van der Waals surface area contributed by atoms with Gasteiger partial charge in [-0.3, -0.25) is 4.68 Å². The topological polar surface area (TPSA) is 43.8 Å². The standard InChI is InChI=1S/C13H16BrN3/c1-9-12(8-16-17(9)2)13(15)7-10-4-3-5-11(14)6-10/h3-6,8,13H,7,15H2,1-2H3. The fraction of sp³-hybridized carbons (Fsp3) is 0.308. The summed E-state index contributed by atoms with van der Waals surface area (Å²) in [5.74, 6) is 0. The molecule has 0 amide bonds. The van der Waals surface area contributed by atoms with Gasteiger partial charge in [-0.1, -0.05) is 28.1 Å². The van der Waals surface area contributed by atoms with Crippen LogP contribution in [-0.4, -0.2) is 9.78 Å². The van der Waals surface area contributed by atoms with E-state index in [0.29, 0.717) is 0 Å². The number of nitrogens with two attached hydrogens (primary N) is 1. The number of hydrogen-bond donors (Lipinski definition) is 1. The fourth-order valence-corrected chi connectivity index (χ4v) is 2.35. The van der Waals surface area contributed by atoms with Crippen molar-refractivity contribution in [1.29, 1.82) is 0 Å². The zero-order valence-electron chi connectivity index (χ0n) is 10.0. The van der Waals surface area contributed by atoms with Crippen LogP contribution in [0.3, 0.4) is 0 Å². The van der Waals surface area contributed by atoms with Crippen molar-refractivity contribution >= 4 is 15.9 Å². The quantitative estimate of drug-likeness (QED) is 0.946. The van der Waals surface area contributed by atoms with E-state index in [1.54, 1.807) is 0 Å². The minimum Gasteiger partial charge on any atom is -0.324 e.